The molecule has 1 atom stereocenters. The van der Waals surface area contributed by atoms with Crippen LogP contribution in [-0.4, -0.2) is 25.1 Å². The summed E-state index contributed by atoms with van der Waals surface area (Å²) in [6, 6.07) is 8.24. The molecule has 1 amide bonds. The molecule has 2 aromatic carbocycles. The highest BCUT2D eigenvalue weighted by molar-refractivity contribution is 6.42. The Morgan fingerprint density at radius 3 is 2.60 bits per heavy atom. The van der Waals surface area contributed by atoms with Gasteiger partial charge in [-0.25, -0.2) is 9.18 Å². The average molecular weight is 386 g/mol. The second-order valence-corrected chi connectivity index (χ2v) is 5.77. The molecule has 8 heteroatoms. The normalized spacial score (nSPS) is 11.6. The summed E-state index contributed by atoms with van der Waals surface area (Å²) in [6.45, 7) is 1.47. The highest BCUT2D eigenvalue weighted by atomic mass is 35.5. The third-order valence-corrected chi connectivity index (χ3v) is 4.04. The van der Waals surface area contributed by atoms with Crippen molar-refractivity contribution in [3.05, 3.63) is 57.8 Å². The fourth-order valence-corrected chi connectivity index (χ4v) is 2.26. The van der Waals surface area contributed by atoms with Crippen LogP contribution in [0.3, 0.4) is 0 Å². The minimum absolute atomic E-state index is 0.102. The van der Waals surface area contributed by atoms with E-state index in [1.807, 2.05) is 0 Å². The second kappa shape index (κ2) is 8.18. The SMILES string of the molecule is COC(=O)c1ccc(F)c(NC(=O)C(C)Oc2cccc(Cl)c2Cl)c1. The summed E-state index contributed by atoms with van der Waals surface area (Å²) >= 11 is 11.9. The maximum atomic E-state index is 13.9. The van der Waals surface area contributed by atoms with Crippen molar-refractivity contribution >= 4 is 40.8 Å². The van der Waals surface area contributed by atoms with Gasteiger partial charge in [-0.05, 0) is 37.3 Å². The number of carbonyl (C=O) groups excluding carboxylic acids is 2. The Bertz CT molecular complexity index is 813. The fraction of sp³-hybridized carbons (Fsp3) is 0.176. The van der Waals surface area contributed by atoms with E-state index in [9.17, 15) is 14.0 Å². The molecule has 0 saturated carbocycles. The topological polar surface area (TPSA) is 64.6 Å². The van der Waals surface area contributed by atoms with E-state index in [4.69, 9.17) is 27.9 Å². The van der Waals surface area contributed by atoms with E-state index < -0.39 is 23.8 Å². The number of ether oxygens (including phenoxy) is 2. The predicted molar refractivity (Wildman–Crippen MR) is 92.9 cm³/mol. The van der Waals surface area contributed by atoms with Gasteiger partial charge in [-0.3, -0.25) is 4.79 Å². The molecule has 0 aliphatic carbocycles. The molecule has 5 nitrogen and oxygen atoms in total. The van der Waals surface area contributed by atoms with E-state index in [1.165, 1.54) is 26.2 Å². The first kappa shape index (κ1) is 19.0. The Morgan fingerprint density at radius 2 is 1.92 bits per heavy atom. The number of rotatable bonds is 5. The van der Waals surface area contributed by atoms with E-state index in [0.717, 1.165) is 6.07 Å². The number of benzene rings is 2. The number of methoxy groups -OCH3 is 1. The molecule has 2 aromatic rings. The first-order valence-electron chi connectivity index (χ1n) is 7.13. The molecule has 0 aliphatic rings. The smallest absolute Gasteiger partial charge is 0.337 e. The predicted octanol–water partition coefficient (Wildman–Crippen LogP) is 4.33. The summed E-state index contributed by atoms with van der Waals surface area (Å²) in [5.41, 5.74) is -0.0637. The number of esters is 1. The van der Waals surface area contributed by atoms with Crippen LogP contribution in [0.15, 0.2) is 36.4 Å². The van der Waals surface area contributed by atoms with E-state index in [-0.39, 0.29) is 27.0 Å². The van der Waals surface area contributed by atoms with Gasteiger partial charge in [0.1, 0.15) is 16.6 Å². The van der Waals surface area contributed by atoms with Crippen molar-refractivity contribution in [2.24, 2.45) is 0 Å². The Kier molecular flexibility index (Phi) is 6.22. The number of hydrogen-bond acceptors (Lipinski definition) is 4. The Hall–Kier alpha value is -2.31. The molecule has 0 radical (unpaired) electrons. The lowest BCUT2D eigenvalue weighted by atomic mass is 10.2. The quantitative estimate of drug-likeness (QED) is 0.778. The van der Waals surface area contributed by atoms with Gasteiger partial charge in [-0.15, -0.1) is 0 Å². The van der Waals surface area contributed by atoms with Crippen LogP contribution >= 0.6 is 23.2 Å². The van der Waals surface area contributed by atoms with Gasteiger partial charge in [0, 0.05) is 0 Å². The van der Waals surface area contributed by atoms with Gasteiger partial charge >= 0.3 is 5.97 Å². The first-order valence-corrected chi connectivity index (χ1v) is 7.88. The van der Waals surface area contributed by atoms with Crippen LogP contribution in [0.4, 0.5) is 10.1 Å². The van der Waals surface area contributed by atoms with Gasteiger partial charge in [0.05, 0.1) is 23.4 Å². The van der Waals surface area contributed by atoms with Gasteiger partial charge in [-0.2, -0.15) is 0 Å². The summed E-state index contributed by atoms with van der Waals surface area (Å²) in [7, 11) is 1.20. The molecule has 25 heavy (non-hydrogen) atoms. The van der Waals surface area contributed by atoms with Crippen LogP contribution in [0.25, 0.3) is 0 Å². The number of nitrogens with one attached hydrogen (secondary N) is 1. The summed E-state index contributed by atoms with van der Waals surface area (Å²) in [4.78, 5) is 23.7. The van der Waals surface area contributed by atoms with Crippen molar-refractivity contribution in [3.8, 4) is 5.75 Å². The second-order valence-electron chi connectivity index (χ2n) is 4.99. The fourth-order valence-electron chi connectivity index (χ4n) is 1.92. The Morgan fingerprint density at radius 1 is 1.20 bits per heavy atom. The number of amides is 1. The van der Waals surface area contributed by atoms with Crippen LogP contribution in [0.5, 0.6) is 5.75 Å². The summed E-state index contributed by atoms with van der Waals surface area (Å²) < 4.78 is 23.9. The van der Waals surface area contributed by atoms with E-state index in [0.29, 0.717) is 0 Å². The van der Waals surface area contributed by atoms with Crippen LogP contribution in [0, 0.1) is 5.82 Å². The van der Waals surface area contributed by atoms with Gasteiger partial charge in [0.2, 0.25) is 0 Å². The van der Waals surface area contributed by atoms with Crippen molar-refractivity contribution in [2.45, 2.75) is 13.0 Å². The van der Waals surface area contributed by atoms with Crippen LogP contribution in [0.1, 0.15) is 17.3 Å². The third kappa shape index (κ3) is 4.61. The molecule has 0 spiro atoms. The standard InChI is InChI=1S/C17H14Cl2FNO4/c1-9(25-14-5-3-4-11(18)15(14)19)16(22)21-13-8-10(17(23)24-2)6-7-12(13)20/h3-9H,1-2H3,(H,21,22). The van der Waals surface area contributed by atoms with Crippen LogP contribution in [0.2, 0.25) is 10.0 Å². The summed E-state index contributed by atoms with van der Waals surface area (Å²) in [5, 5.41) is 2.81. The van der Waals surface area contributed by atoms with E-state index in [2.05, 4.69) is 10.1 Å². The molecule has 1 unspecified atom stereocenters. The average Bonchev–Trinajstić information content (AvgIpc) is 2.60. The van der Waals surface area contributed by atoms with Gasteiger partial charge in [0.25, 0.3) is 5.91 Å². The highest BCUT2D eigenvalue weighted by Crippen LogP contribution is 2.32. The van der Waals surface area contributed by atoms with Crippen molar-refractivity contribution < 1.29 is 23.5 Å². The zero-order valence-electron chi connectivity index (χ0n) is 13.3. The molecule has 0 aliphatic heterocycles. The number of hydrogen-bond donors (Lipinski definition) is 1. The largest absolute Gasteiger partial charge is 0.479 e. The van der Waals surface area contributed by atoms with Crippen molar-refractivity contribution in [2.75, 3.05) is 12.4 Å². The van der Waals surface area contributed by atoms with Crippen molar-refractivity contribution in [1.29, 1.82) is 0 Å². The summed E-state index contributed by atoms with van der Waals surface area (Å²) in [6.07, 6.45) is -0.989. The molecule has 132 valence electrons. The lowest BCUT2D eigenvalue weighted by Gasteiger charge is -2.16. The molecule has 2 rings (SSSR count). The Labute approximate surface area is 153 Å². The van der Waals surface area contributed by atoms with Gasteiger partial charge < -0.3 is 14.8 Å². The molecular formula is C17H14Cl2FNO4. The van der Waals surface area contributed by atoms with E-state index >= 15 is 0 Å². The summed E-state index contributed by atoms with van der Waals surface area (Å²) in [5.74, 6) is -1.75. The van der Waals surface area contributed by atoms with Crippen molar-refractivity contribution in [3.63, 3.8) is 0 Å². The molecule has 0 fully saturated rings. The minimum atomic E-state index is -0.989. The molecule has 0 saturated heterocycles. The zero-order chi connectivity index (χ0) is 18.6. The third-order valence-electron chi connectivity index (χ3n) is 3.23. The Balaban J connectivity index is 2.13. The monoisotopic (exact) mass is 385 g/mol. The zero-order valence-corrected chi connectivity index (χ0v) is 14.8. The van der Waals surface area contributed by atoms with Crippen LogP contribution in [-0.2, 0) is 9.53 Å². The minimum Gasteiger partial charge on any atom is -0.479 e. The maximum absolute atomic E-state index is 13.9. The first-order chi connectivity index (χ1) is 11.8. The lowest BCUT2D eigenvalue weighted by Crippen LogP contribution is -2.30. The molecule has 0 bridgehead atoms. The molecular weight excluding hydrogens is 372 g/mol. The number of carbonyl (C=O) groups is 2. The van der Waals surface area contributed by atoms with Gasteiger partial charge in [-0.1, -0.05) is 29.3 Å². The maximum Gasteiger partial charge on any atom is 0.337 e. The lowest BCUT2D eigenvalue weighted by molar-refractivity contribution is -0.122. The molecule has 0 heterocycles. The van der Waals surface area contributed by atoms with Crippen LogP contribution < -0.4 is 10.1 Å². The van der Waals surface area contributed by atoms with Gasteiger partial charge in [0.15, 0.2) is 6.10 Å². The van der Waals surface area contributed by atoms with Crippen molar-refractivity contribution in [1.82, 2.24) is 0 Å². The molecule has 0 aromatic heterocycles. The van der Waals surface area contributed by atoms with E-state index in [1.54, 1.807) is 18.2 Å². The number of anilines is 1. The highest BCUT2D eigenvalue weighted by Gasteiger charge is 2.19. The molecule has 1 N–H and O–H groups in total. The number of halogens is 3.